The van der Waals surface area contributed by atoms with E-state index < -0.39 is 23.3 Å². The van der Waals surface area contributed by atoms with Gasteiger partial charge in [0.15, 0.2) is 0 Å². The van der Waals surface area contributed by atoms with Crippen LogP contribution in [0.4, 0.5) is 18.9 Å². The van der Waals surface area contributed by atoms with Crippen molar-refractivity contribution in [1.82, 2.24) is 4.90 Å². The molecule has 34 heavy (non-hydrogen) atoms. The van der Waals surface area contributed by atoms with Crippen LogP contribution in [-0.2, 0) is 23.9 Å². The number of fused-ring (bicyclic) bond motifs is 1. The van der Waals surface area contributed by atoms with Gasteiger partial charge in [0.25, 0.3) is 5.91 Å². The SMILES string of the molecule is CCCc1c(C(F)(F)F)ccc2cc(C(=O)Nc3ccc(CN4CCOCC4)cc3)c(=O)oc12. The van der Waals surface area contributed by atoms with Crippen LogP contribution < -0.4 is 10.9 Å². The standard InChI is InChI=1S/C25H25F3N2O4/c1-2-3-19-21(25(26,27)28)9-6-17-14-20(24(32)34-22(17)19)23(31)29-18-7-4-16(5-8-18)15-30-10-12-33-13-11-30/h4-9,14H,2-3,10-13,15H2,1H3,(H,29,31). The number of aryl methyl sites for hydroxylation is 1. The first-order valence-electron chi connectivity index (χ1n) is 11.1. The van der Waals surface area contributed by atoms with Gasteiger partial charge in [-0.2, -0.15) is 13.2 Å². The number of benzene rings is 2. The lowest BCUT2D eigenvalue weighted by Gasteiger charge is -2.26. The molecule has 6 nitrogen and oxygen atoms in total. The molecule has 1 fully saturated rings. The van der Waals surface area contributed by atoms with Crippen LogP contribution in [0.3, 0.4) is 0 Å². The molecule has 2 heterocycles. The number of rotatable bonds is 6. The van der Waals surface area contributed by atoms with Gasteiger partial charge in [-0.05, 0) is 36.2 Å². The van der Waals surface area contributed by atoms with Crippen molar-refractivity contribution in [2.24, 2.45) is 0 Å². The quantitative estimate of drug-likeness (QED) is 0.518. The number of hydrogen-bond acceptors (Lipinski definition) is 5. The molecule has 4 rings (SSSR count). The van der Waals surface area contributed by atoms with Crippen LogP contribution in [0.25, 0.3) is 11.0 Å². The smallest absolute Gasteiger partial charge is 0.416 e. The second kappa shape index (κ2) is 9.99. The summed E-state index contributed by atoms with van der Waals surface area (Å²) in [6, 6.07) is 10.7. The number of ether oxygens (including phenoxy) is 1. The van der Waals surface area contributed by atoms with Crippen LogP contribution in [0, 0.1) is 0 Å². The Morgan fingerprint density at radius 1 is 1.09 bits per heavy atom. The Hall–Kier alpha value is -3.17. The van der Waals surface area contributed by atoms with Crippen LogP contribution in [0.5, 0.6) is 0 Å². The number of anilines is 1. The zero-order valence-electron chi connectivity index (χ0n) is 18.7. The molecule has 0 spiro atoms. The van der Waals surface area contributed by atoms with E-state index in [9.17, 15) is 22.8 Å². The predicted molar refractivity (Wildman–Crippen MR) is 122 cm³/mol. The molecule has 0 bridgehead atoms. The van der Waals surface area contributed by atoms with E-state index in [4.69, 9.17) is 9.15 Å². The molecule has 180 valence electrons. The van der Waals surface area contributed by atoms with Crippen molar-refractivity contribution in [2.45, 2.75) is 32.5 Å². The molecule has 0 aliphatic carbocycles. The third kappa shape index (κ3) is 5.31. The number of hydrogen-bond donors (Lipinski definition) is 1. The maximum absolute atomic E-state index is 13.4. The molecular formula is C25H25F3N2O4. The summed E-state index contributed by atoms with van der Waals surface area (Å²) in [5.74, 6) is -0.687. The molecule has 1 N–H and O–H groups in total. The number of nitrogens with zero attached hydrogens (tertiary/aromatic N) is 1. The van der Waals surface area contributed by atoms with E-state index in [1.807, 2.05) is 12.1 Å². The van der Waals surface area contributed by atoms with Gasteiger partial charge in [0, 0.05) is 36.3 Å². The highest BCUT2D eigenvalue weighted by Crippen LogP contribution is 2.36. The van der Waals surface area contributed by atoms with E-state index in [0.29, 0.717) is 25.3 Å². The summed E-state index contributed by atoms with van der Waals surface area (Å²) >= 11 is 0. The molecule has 2 aromatic carbocycles. The van der Waals surface area contributed by atoms with Crippen molar-refractivity contribution in [3.05, 3.63) is 75.1 Å². The van der Waals surface area contributed by atoms with Crippen LogP contribution >= 0.6 is 0 Å². The summed E-state index contributed by atoms with van der Waals surface area (Å²) in [6.45, 7) is 5.65. The monoisotopic (exact) mass is 474 g/mol. The number of carbonyl (C=O) groups excluding carboxylic acids is 1. The van der Waals surface area contributed by atoms with Gasteiger partial charge < -0.3 is 14.5 Å². The number of morpholine rings is 1. The van der Waals surface area contributed by atoms with Gasteiger partial charge in [-0.3, -0.25) is 9.69 Å². The maximum Gasteiger partial charge on any atom is 0.416 e. The van der Waals surface area contributed by atoms with Crippen molar-refractivity contribution in [3.8, 4) is 0 Å². The number of halogens is 3. The second-order valence-electron chi connectivity index (χ2n) is 8.24. The molecule has 0 radical (unpaired) electrons. The molecule has 0 atom stereocenters. The highest BCUT2D eigenvalue weighted by atomic mass is 19.4. The van der Waals surface area contributed by atoms with Crippen molar-refractivity contribution in [2.75, 3.05) is 31.6 Å². The first-order chi connectivity index (χ1) is 16.3. The fourth-order valence-electron chi connectivity index (χ4n) is 4.07. The molecule has 1 amide bonds. The van der Waals surface area contributed by atoms with Crippen molar-refractivity contribution < 1.29 is 27.1 Å². The molecular weight excluding hydrogens is 449 g/mol. The summed E-state index contributed by atoms with van der Waals surface area (Å²) in [5.41, 5.74) is -0.724. The van der Waals surface area contributed by atoms with Gasteiger partial charge in [-0.25, -0.2) is 4.79 Å². The van der Waals surface area contributed by atoms with E-state index in [2.05, 4.69) is 10.2 Å². The molecule has 3 aromatic rings. The Balaban J connectivity index is 1.55. The average Bonchev–Trinajstić information content (AvgIpc) is 2.80. The van der Waals surface area contributed by atoms with E-state index >= 15 is 0 Å². The molecule has 0 unspecified atom stereocenters. The van der Waals surface area contributed by atoms with E-state index in [0.717, 1.165) is 31.3 Å². The maximum atomic E-state index is 13.4. The van der Waals surface area contributed by atoms with E-state index in [1.165, 1.54) is 12.1 Å². The van der Waals surface area contributed by atoms with Crippen LogP contribution in [0.2, 0.25) is 0 Å². The van der Waals surface area contributed by atoms with Gasteiger partial charge in [0.1, 0.15) is 11.1 Å². The minimum Gasteiger partial charge on any atom is -0.422 e. The van der Waals surface area contributed by atoms with Crippen molar-refractivity contribution in [3.63, 3.8) is 0 Å². The van der Waals surface area contributed by atoms with Crippen LogP contribution in [0.1, 0.15) is 40.4 Å². The average molecular weight is 474 g/mol. The second-order valence-corrected chi connectivity index (χ2v) is 8.24. The van der Waals surface area contributed by atoms with Crippen LogP contribution in [-0.4, -0.2) is 37.1 Å². The van der Waals surface area contributed by atoms with E-state index in [-0.39, 0.29) is 28.5 Å². The van der Waals surface area contributed by atoms with Crippen molar-refractivity contribution >= 4 is 22.6 Å². The molecule has 1 aliphatic heterocycles. The van der Waals surface area contributed by atoms with Gasteiger partial charge >= 0.3 is 11.8 Å². The third-order valence-corrected chi connectivity index (χ3v) is 5.78. The summed E-state index contributed by atoms with van der Waals surface area (Å²) in [7, 11) is 0. The molecule has 1 aromatic heterocycles. The van der Waals surface area contributed by atoms with Gasteiger partial charge in [-0.1, -0.05) is 31.5 Å². The summed E-state index contributed by atoms with van der Waals surface area (Å²) in [5, 5.41) is 2.92. The molecule has 9 heteroatoms. The summed E-state index contributed by atoms with van der Waals surface area (Å²) in [6.07, 6.45) is -4.03. The van der Waals surface area contributed by atoms with Gasteiger partial charge in [0.2, 0.25) is 0 Å². The van der Waals surface area contributed by atoms with Crippen molar-refractivity contribution in [1.29, 1.82) is 0 Å². The Morgan fingerprint density at radius 2 is 1.79 bits per heavy atom. The fourth-order valence-corrected chi connectivity index (χ4v) is 4.07. The Bertz CT molecular complexity index is 1230. The summed E-state index contributed by atoms with van der Waals surface area (Å²) in [4.78, 5) is 27.5. The normalized spacial score (nSPS) is 14.9. The first-order valence-corrected chi connectivity index (χ1v) is 11.1. The van der Waals surface area contributed by atoms with Gasteiger partial charge in [0.05, 0.1) is 18.8 Å². The lowest BCUT2D eigenvalue weighted by Crippen LogP contribution is -2.35. The Labute approximate surface area is 194 Å². The lowest BCUT2D eigenvalue weighted by molar-refractivity contribution is -0.138. The van der Waals surface area contributed by atoms with Crippen LogP contribution in [0.15, 0.2) is 51.7 Å². The lowest BCUT2D eigenvalue weighted by atomic mass is 9.99. The fraction of sp³-hybridized carbons (Fsp3) is 0.360. The zero-order valence-corrected chi connectivity index (χ0v) is 18.7. The Kier molecular flexibility index (Phi) is 7.04. The molecule has 1 saturated heterocycles. The minimum atomic E-state index is -4.57. The topological polar surface area (TPSA) is 71.8 Å². The molecule has 0 saturated carbocycles. The number of nitrogens with one attached hydrogen (secondary N) is 1. The minimum absolute atomic E-state index is 0.0765. The number of carbonyl (C=O) groups is 1. The number of amides is 1. The van der Waals surface area contributed by atoms with Gasteiger partial charge in [-0.15, -0.1) is 0 Å². The predicted octanol–water partition coefficient (Wildman–Crippen LogP) is 4.85. The zero-order chi connectivity index (χ0) is 24.3. The molecule has 1 aliphatic rings. The third-order valence-electron chi connectivity index (χ3n) is 5.78. The van der Waals surface area contributed by atoms with E-state index in [1.54, 1.807) is 19.1 Å². The largest absolute Gasteiger partial charge is 0.422 e. The number of alkyl halides is 3. The first kappa shape index (κ1) is 24.0. The highest BCUT2D eigenvalue weighted by Gasteiger charge is 2.34. The highest BCUT2D eigenvalue weighted by molar-refractivity contribution is 6.05. The Morgan fingerprint density at radius 3 is 2.44 bits per heavy atom. The summed E-state index contributed by atoms with van der Waals surface area (Å²) < 4.78 is 50.8.